The molecule has 8 heteroatoms. The fraction of sp³-hybridized carbons (Fsp3) is 0.0500. The quantitative estimate of drug-likeness (QED) is 0.385. The predicted molar refractivity (Wildman–Crippen MR) is 113 cm³/mol. The molecule has 0 bridgehead atoms. The molecule has 140 valence electrons. The topological polar surface area (TPSA) is 80.0 Å². The van der Waals surface area contributed by atoms with Gasteiger partial charge in [-0.2, -0.15) is 5.10 Å². The maximum atomic E-state index is 13.1. The van der Waals surface area contributed by atoms with Crippen LogP contribution >= 0.6 is 18.9 Å². The normalized spacial score (nSPS) is 13.8. The molecule has 5 aromatic rings. The summed E-state index contributed by atoms with van der Waals surface area (Å²) in [4.78, 5) is 3.39. The smallest absolute Gasteiger partial charge is 0.420 e. The largest absolute Gasteiger partial charge is 0.421 e. The van der Waals surface area contributed by atoms with Crippen LogP contribution in [0.3, 0.4) is 0 Å². The van der Waals surface area contributed by atoms with Crippen LogP contribution in [0.4, 0.5) is 0 Å². The average Bonchev–Trinajstić information content (AvgIpc) is 3.45. The summed E-state index contributed by atoms with van der Waals surface area (Å²) in [6.45, 7) is 0. The third kappa shape index (κ3) is 2.85. The van der Waals surface area contributed by atoms with Crippen molar-refractivity contribution < 1.29 is 13.6 Å². The Labute approximate surface area is 164 Å². The zero-order valence-corrected chi connectivity index (χ0v) is 16.6. The Morgan fingerprint density at radius 3 is 2.71 bits per heavy atom. The molecule has 0 aliphatic heterocycles. The number of aromatic nitrogens is 3. The van der Waals surface area contributed by atoms with Gasteiger partial charge in [-0.15, -0.1) is 11.3 Å². The third-order valence-corrected chi connectivity index (χ3v) is 7.84. The van der Waals surface area contributed by atoms with Gasteiger partial charge < -0.3 is 9.51 Å². The molecule has 0 radical (unpaired) electrons. The van der Waals surface area contributed by atoms with Gasteiger partial charge in [0.15, 0.2) is 0 Å². The summed E-state index contributed by atoms with van der Waals surface area (Å²) < 4.78 is 24.7. The highest BCUT2D eigenvalue weighted by atomic mass is 32.1. The molecular weight excluding hydrogens is 393 g/mol. The van der Waals surface area contributed by atoms with Gasteiger partial charge in [-0.25, -0.2) is 4.57 Å². The molecule has 2 aromatic carbocycles. The molecule has 0 spiro atoms. The van der Waals surface area contributed by atoms with Gasteiger partial charge in [-0.05, 0) is 41.8 Å². The monoisotopic (exact) mass is 409 g/mol. The van der Waals surface area contributed by atoms with E-state index in [1.165, 1.54) is 18.4 Å². The number of thiophene rings is 1. The first kappa shape index (κ1) is 17.3. The summed E-state index contributed by atoms with van der Waals surface area (Å²) in [5, 5.41) is 11.3. The number of benzene rings is 2. The Morgan fingerprint density at radius 1 is 1.04 bits per heavy atom. The summed E-state index contributed by atoms with van der Waals surface area (Å²) >= 11 is 1.34. The maximum absolute atomic E-state index is 13.1. The van der Waals surface area contributed by atoms with Gasteiger partial charge in [-0.3, -0.25) is 9.62 Å². The standard InChI is InChI=1S/C20H16N3O3PS/c1-25-27(24,19-7-4-10-28-19)26-14-8-9-17-15(12-14)20(23-22-17)18-11-13-5-2-3-6-16(13)21-18/h2-12,21H,1H3,(H,22,23). The Balaban J connectivity index is 1.57. The van der Waals surface area contributed by atoms with Crippen molar-refractivity contribution in [2.75, 3.05) is 7.11 Å². The maximum Gasteiger partial charge on any atom is 0.420 e. The molecular formula is C20H16N3O3PS. The highest BCUT2D eigenvalue weighted by Crippen LogP contribution is 2.48. The molecule has 5 rings (SSSR count). The van der Waals surface area contributed by atoms with Crippen LogP contribution in [-0.2, 0) is 9.09 Å². The number of fused-ring (bicyclic) bond motifs is 2. The van der Waals surface area contributed by atoms with E-state index in [9.17, 15) is 4.57 Å². The first-order chi connectivity index (χ1) is 13.7. The Bertz CT molecular complexity index is 1290. The van der Waals surface area contributed by atoms with Gasteiger partial charge in [0.1, 0.15) is 16.1 Å². The van der Waals surface area contributed by atoms with E-state index in [1.807, 2.05) is 41.8 Å². The molecule has 0 fully saturated rings. The molecule has 0 saturated carbocycles. The third-order valence-electron chi connectivity index (χ3n) is 4.56. The van der Waals surface area contributed by atoms with Crippen molar-refractivity contribution in [3.05, 3.63) is 66.0 Å². The van der Waals surface area contributed by atoms with E-state index >= 15 is 0 Å². The van der Waals surface area contributed by atoms with Crippen molar-refractivity contribution in [3.8, 4) is 17.1 Å². The average molecular weight is 409 g/mol. The second-order valence-electron chi connectivity index (χ2n) is 6.27. The van der Waals surface area contributed by atoms with Crippen LogP contribution in [0, 0.1) is 0 Å². The van der Waals surface area contributed by atoms with Gasteiger partial charge in [0.2, 0.25) is 0 Å². The van der Waals surface area contributed by atoms with Crippen LogP contribution in [-0.4, -0.2) is 22.3 Å². The van der Waals surface area contributed by atoms with E-state index in [2.05, 4.69) is 27.3 Å². The molecule has 0 saturated heterocycles. The molecule has 1 unspecified atom stereocenters. The van der Waals surface area contributed by atoms with Gasteiger partial charge in [0.25, 0.3) is 0 Å². The molecule has 0 amide bonds. The van der Waals surface area contributed by atoms with Crippen LogP contribution in [0.5, 0.6) is 5.75 Å². The Morgan fingerprint density at radius 2 is 1.93 bits per heavy atom. The van der Waals surface area contributed by atoms with Crippen molar-refractivity contribution in [2.45, 2.75) is 0 Å². The number of hydrogen-bond acceptors (Lipinski definition) is 5. The van der Waals surface area contributed by atoms with Crippen LogP contribution in [0.25, 0.3) is 33.2 Å². The molecule has 28 heavy (non-hydrogen) atoms. The second-order valence-corrected chi connectivity index (χ2v) is 9.55. The lowest BCUT2D eigenvalue weighted by atomic mass is 10.1. The Hall–Kier alpha value is -2.86. The summed E-state index contributed by atoms with van der Waals surface area (Å²) in [6, 6.07) is 19.2. The molecule has 3 heterocycles. The molecule has 6 nitrogen and oxygen atoms in total. The molecule has 1 atom stereocenters. The van der Waals surface area contributed by atoms with E-state index in [0.717, 1.165) is 33.2 Å². The molecule has 0 aliphatic rings. The summed E-state index contributed by atoms with van der Waals surface area (Å²) in [5.74, 6) is 0.463. The first-order valence-electron chi connectivity index (χ1n) is 8.62. The number of nitrogens with one attached hydrogen (secondary N) is 2. The number of nitrogens with zero attached hydrogens (tertiary/aromatic N) is 1. The van der Waals surface area contributed by atoms with E-state index in [4.69, 9.17) is 9.05 Å². The second kappa shape index (κ2) is 6.63. The fourth-order valence-electron chi connectivity index (χ4n) is 3.19. The van der Waals surface area contributed by atoms with Crippen molar-refractivity contribution in [1.29, 1.82) is 0 Å². The number of para-hydroxylation sites is 1. The first-order valence-corrected chi connectivity index (χ1v) is 11.0. The lowest BCUT2D eigenvalue weighted by Gasteiger charge is -2.15. The number of hydrogen-bond donors (Lipinski definition) is 2. The summed E-state index contributed by atoms with van der Waals surface area (Å²) in [5.41, 5.74) is 3.59. The lowest BCUT2D eigenvalue weighted by Crippen LogP contribution is -2.07. The van der Waals surface area contributed by atoms with Crippen molar-refractivity contribution >= 4 is 45.4 Å². The van der Waals surface area contributed by atoms with Crippen LogP contribution in [0.2, 0.25) is 0 Å². The van der Waals surface area contributed by atoms with Crippen LogP contribution in [0.1, 0.15) is 0 Å². The highest BCUT2D eigenvalue weighted by Gasteiger charge is 2.29. The van der Waals surface area contributed by atoms with E-state index in [1.54, 1.807) is 12.1 Å². The molecule has 2 N–H and O–H groups in total. The van der Waals surface area contributed by atoms with Crippen molar-refractivity contribution in [2.24, 2.45) is 0 Å². The van der Waals surface area contributed by atoms with Crippen LogP contribution in [0.15, 0.2) is 66.0 Å². The highest BCUT2D eigenvalue weighted by molar-refractivity contribution is 7.69. The van der Waals surface area contributed by atoms with E-state index < -0.39 is 7.60 Å². The zero-order chi connectivity index (χ0) is 19.1. The van der Waals surface area contributed by atoms with Gasteiger partial charge in [-0.1, -0.05) is 24.3 Å². The Kier molecular flexibility index (Phi) is 4.09. The minimum atomic E-state index is -3.42. The minimum Gasteiger partial charge on any atom is -0.421 e. The summed E-state index contributed by atoms with van der Waals surface area (Å²) in [7, 11) is -2.02. The van der Waals surface area contributed by atoms with Gasteiger partial charge >= 0.3 is 7.60 Å². The number of aromatic amines is 2. The zero-order valence-electron chi connectivity index (χ0n) is 14.9. The van der Waals surface area contributed by atoms with Crippen LogP contribution < -0.4 is 9.14 Å². The summed E-state index contributed by atoms with van der Waals surface area (Å²) in [6.07, 6.45) is 0. The van der Waals surface area contributed by atoms with Gasteiger partial charge in [0, 0.05) is 23.4 Å². The SMILES string of the molecule is COP(=O)(Oc1ccc2[nH]nc(-c3cc4ccccc4[nH]3)c2c1)c1cccs1. The molecule has 3 aromatic heterocycles. The lowest BCUT2D eigenvalue weighted by molar-refractivity contribution is 0.334. The fourth-order valence-corrected chi connectivity index (χ4v) is 5.69. The predicted octanol–water partition coefficient (Wildman–Crippen LogP) is 5.32. The molecule has 0 aliphatic carbocycles. The number of rotatable bonds is 5. The van der Waals surface area contributed by atoms with E-state index in [0.29, 0.717) is 10.4 Å². The number of H-pyrrole nitrogens is 2. The van der Waals surface area contributed by atoms with E-state index in [-0.39, 0.29) is 0 Å². The van der Waals surface area contributed by atoms with Gasteiger partial charge in [0.05, 0.1) is 11.2 Å². The van der Waals surface area contributed by atoms with Crippen molar-refractivity contribution in [3.63, 3.8) is 0 Å². The minimum absolute atomic E-state index is 0.463. The van der Waals surface area contributed by atoms with Crippen molar-refractivity contribution in [1.82, 2.24) is 15.2 Å².